The van der Waals surface area contributed by atoms with Crippen LogP contribution in [0.3, 0.4) is 0 Å². The van der Waals surface area contributed by atoms with Crippen LogP contribution in [0.15, 0.2) is 63.9 Å². The number of amides is 1. The van der Waals surface area contributed by atoms with E-state index in [2.05, 4.69) is 15.5 Å². The van der Waals surface area contributed by atoms with Gasteiger partial charge in [0.15, 0.2) is 9.84 Å². The van der Waals surface area contributed by atoms with Gasteiger partial charge in [-0.3, -0.25) is 10.1 Å². The molecule has 2 aromatic carbocycles. The molecule has 0 spiro atoms. The third-order valence-corrected chi connectivity index (χ3v) is 5.20. The number of carbonyl (C=O) groups is 1. The molecule has 1 heterocycles. The first kappa shape index (κ1) is 19.8. The molecule has 0 aliphatic carbocycles. The number of nitrogens with zero attached hydrogens (tertiary/aromatic N) is 2. The zero-order valence-corrected chi connectivity index (χ0v) is 16.4. The Kier molecular flexibility index (Phi) is 5.91. The van der Waals surface area contributed by atoms with Crippen LogP contribution in [0.5, 0.6) is 0 Å². The maximum absolute atomic E-state index is 12.0. The van der Waals surface area contributed by atoms with Crippen molar-refractivity contribution in [1.82, 2.24) is 10.2 Å². The van der Waals surface area contributed by atoms with Crippen LogP contribution in [0.2, 0.25) is 5.02 Å². The van der Waals surface area contributed by atoms with E-state index in [0.717, 1.165) is 11.8 Å². The second-order valence-corrected chi connectivity index (χ2v) is 8.36. The van der Waals surface area contributed by atoms with Crippen LogP contribution in [0.4, 0.5) is 6.01 Å². The number of rotatable bonds is 6. The van der Waals surface area contributed by atoms with Gasteiger partial charge in [0.2, 0.25) is 5.89 Å². The van der Waals surface area contributed by atoms with Crippen molar-refractivity contribution >= 4 is 39.4 Å². The van der Waals surface area contributed by atoms with Gasteiger partial charge in [-0.2, -0.15) is 0 Å². The number of anilines is 1. The van der Waals surface area contributed by atoms with E-state index in [-0.39, 0.29) is 16.8 Å². The average Bonchev–Trinajstić information content (AvgIpc) is 3.07. The number of nitrogens with one attached hydrogen (secondary N) is 1. The van der Waals surface area contributed by atoms with Crippen LogP contribution in [-0.4, -0.2) is 30.8 Å². The van der Waals surface area contributed by atoms with E-state index in [1.165, 1.54) is 18.2 Å². The lowest BCUT2D eigenvalue weighted by Crippen LogP contribution is -2.07. The van der Waals surface area contributed by atoms with Crippen molar-refractivity contribution < 1.29 is 17.6 Å². The Morgan fingerprint density at radius 1 is 1.14 bits per heavy atom. The number of benzene rings is 2. The minimum Gasteiger partial charge on any atom is -0.407 e. The minimum absolute atomic E-state index is 0.0310. The van der Waals surface area contributed by atoms with E-state index in [1.807, 2.05) is 6.07 Å². The van der Waals surface area contributed by atoms with Crippen LogP contribution in [-0.2, 0) is 21.1 Å². The molecule has 1 amide bonds. The number of sulfone groups is 1. The van der Waals surface area contributed by atoms with Gasteiger partial charge in [0.1, 0.15) is 0 Å². The van der Waals surface area contributed by atoms with Crippen LogP contribution in [0.25, 0.3) is 6.08 Å². The summed E-state index contributed by atoms with van der Waals surface area (Å²) in [5.41, 5.74) is 1.51. The van der Waals surface area contributed by atoms with E-state index in [9.17, 15) is 13.2 Å². The molecule has 0 unspecified atom stereocenters. The second-order valence-electron chi connectivity index (χ2n) is 5.94. The SMILES string of the molecule is CS(=O)(=O)c1ccc(Cc2nnc(NC(=O)C=Cc3ccccc3Cl)o2)cc1. The predicted octanol–water partition coefficient (Wildman–Crippen LogP) is 3.37. The van der Waals surface area contributed by atoms with Gasteiger partial charge < -0.3 is 4.42 Å². The highest BCUT2D eigenvalue weighted by Crippen LogP contribution is 2.17. The van der Waals surface area contributed by atoms with Crippen molar-refractivity contribution in [3.05, 3.63) is 76.6 Å². The predicted molar refractivity (Wildman–Crippen MR) is 106 cm³/mol. The molecule has 9 heteroatoms. The first-order chi connectivity index (χ1) is 13.3. The second kappa shape index (κ2) is 8.37. The molecule has 0 aliphatic heterocycles. The van der Waals surface area contributed by atoms with E-state index >= 15 is 0 Å². The Labute approximate surface area is 167 Å². The zero-order valence-electron chi connectivity index (χ0n) is 14.8. The number of aromatic nitrogens is 2. The van der Waals surface area contributed by atoms with Gasteiger partial charge in [0.05, 0.1) is 11.3 Å². The lowest BCUT2D eigenvalue weighted by atomic mass is 10.1. The summed E-state index contributed by atoms with van der Waals surface area (Å²) in [6.45, 7) is 0. The summed E-state index contributed by atoms with van der Waals surface area (Å²) in [7, 11) is -3.24. The largest absolute Gasteiger partial charge is 0.407 e. The molecule has 3 rings (SSSR count). The average molecular weight is 418 g/mol. The Hall–Kier alpha value is -2.97. The smallest absolute Gasteiger partial charge is 0.322 e. The minimum atomic E-state index is -3.24. The highest BCUT2D eigenvalue weighted by molar-refractivity contribution is 7.90. The lowest BCUT2D eigenvalue weighted by Gasteiger charge is -2.00. The molecular formula is C19H16ClN3O4S. The van der Waals surface area contributed by atoms with Gasteiger partial charge in [-0.25, -0.2) is 8.42 Å². The van der Waals surface area contributed by atoms with Crippen molar-refractivity contribution in [2.24, 2.45) is 0 Å². The van der Waals surface area contributed by atoms with E-state index in [1.54, 1.807) is 36.4 Å². The van der Waals surface area contributed by atoms with Crippen LogP contribution in [0.1, 0.15) is 17.0 Å². The third-order valence-electron chi connectivity index (χ3n) is 3.72. The summed E-state index contributed by atoms with van der Waals surface area (Å²) in [6.07, 6.45) is 4.35. The van der Waals surface area contributed by atoms with Crippen molar-refractivity contribution in [3.8, 4) is 0 Å². The van der Waals surface area contributed by atoms with Crippen LogP contribution < -0.4 is 5.32 Å². The standard InChI is InChI=1S/C19H16ClN3O4S/c1-28(25,26)15-9-6-13(7-10-15)12-18-22-23-19(27-18)21-17(24)11-8-14-4-2-3-5-16(14)20/h2-11H,12H2,1H3,(H,21,23,24). The molecule has 0 fully saturated rings. The topological polar surface area (TPSA) is 102 Å². The van der Waals surface area contributed by atoms with Gasteiger partial charge >= 0.3 is 6.01 Å². The Bertz CT molecular complexity index is 1120. The molecule has 0 aliphatic rings. The molecule has 0 radical (unpaired) electrons. The normalized spacial score (nSPS) is 11.6. The van der Waals surface area contributed by atoms with E-state index in [4.69, 9.17) is 16.0 Å². The van der Waals surface area contributed by atoms with Crippen LogP contribution >= 0.6 is 11.6 Å². The quantitative estimate of drug-likeness (QED) is 0.617. The highest BCUT2D eigenvalue weighted by Gasteiger charge is 2.11. The van der Waals surface area contributed by atoms with Crippen LogP contribution in [0, 0.1) is 0 Å². The summed E-state index contributed by atoms with van der Waals surface area (Å²) in [6, 6.07) is 13.5. The summed E-state index contributed by atoms with van der Waals surface area (Å²) in [5, 5.41) is 10.7. The molecule has 0 saturated heterocycles. The molecule has 1 aromatic heterocycles. The first-order valence-electron chi connectivity index (χ1n) is 8.16. The summed E-state index contributed by atoms with van der Waals surface area (Å²) in [5.74, 6) is -0.148. The molecule has 0 bridgehead atoms. The van der Waals surface area contributed by atoms with Gasteiger partial charge in [0, 0.05) is 17.4 Å². The fourth-order valence-corrected chi connectivity index (χ4v) is 3.16. The molecule has 3 aromatic rings. The lowest BCUT2D eigenvalue weighted by molar-refractivity contribution is -0.112. The molecular weight excluding hydrogens is 402 g/mol. The maximum atomic E-state index is 12.0. The number of carbonyl (C=O) groups excluding carboxylic acids is 1. The van der Waals surface area contributed by atoms with E-state index < -0.39 is 15.7 Å². The first-order valence-corrected chi connectivity index (χ1v) is 10.4. The molecule has 7 nitrogen and oxygen atoms in total. The highest BCUT2D eigenvalue weighted by atomic mass is 35.5. The molecule has 28 heavy (non-hydrogen) atoms. The van der Waals surface area contributed by atoms with Gasteiger partial charge in [0.25, 0.3) is 5.91 Å². The van der Waals surface area contributed by atoms with Crippen molar-refractivity contribution in [2.45, 2.75) is 11.3 Å². The molecule has 0 atom stereocenters. The Morgan fingerprint density at radius 3 is 2.54 bits per heavy atom. The number of halogens is 1. The maximum Gasteiger partial charge on any atom is 0.322 e. The summed E-state index contributed by atoms with van der Waals surface area (Å²) >= 11 is 6.03. The fraction of sp³-hybridized carbons (Fsp3) is 0.105. The van der Waals surface area contributed by atoms with Gasteiger partial charge in [-0.05, 0) is 35.4 Å². The zero-order chi connectivity index (χ0) is 20.1. The van der Waals surface area contributed by atoms with Gasteiger partial charge in [-0.15, -0.1) is 5.10 Å². The van der Waals surface area contributed by atoms with Crippen molar-refractivity contribution in [2.75, 3.05) is 11.6 Å². The summed E-state index contributed by atoms with van der Waals surface area (Å²) < 4.78 is 28.4. The fourth-order valence-electron chi connectivity index (χ4n) is 2.33. The molecule has 0 saturated carbocycles. The Morgan fingerprint density at radius 2 is 1.86 bits per heavy atom. The summed E-state index contributed by atoms with van der Waals surface area (Å²) in [4.78, 5) is 12.2. The third kappa shape index (κ3) is 5.28. The monoisotopic (exact) mass is 417 g/mol. The molecule has 1 N–H and O–H groups in total. The number of hydrogen-bond acceptors (Lipinski definition) is 6. The van der Waals surface area contributed by atoms with Crippen molar-refractivity contribution in [3.63, 3.8) is 0 Å². The molecule has 144 valence electrons. The number of hydrogen-bond donors (Lipinski definition) is 1. The van der Waals surface area contributed by atoms with E-state index in [0.29, 0.717) is 17.0 Å². The Balaban J connectivity index is 1.61. The van der Waals surface area contributed by atoms with Gasteiger partial charge in [-0.1, -0.05) is 47.0 Å². The van der Waals surface area contributed by atoms with Crippen molar-refractivity contribution in [1.29, 1.82) is 0 Å².